The molecular formula is C38H64ClFN4O2. The molecule has 2 atom stereocenters. The highest BCUT2D eigenvalue weighted by Gasteiger charge is 2.35. The molecular weight excluding hydrogens is 599 g/mol. The van der Waals surface area contributed by atoms with Gasteiger partial charge in [0.1, 0.15) is 17.9 Å². The number of alkyl halides is 1. The Labute approximate surface area is 285 Å². The minimum Gasteiger partial charge on any atom is -0.394 e. The standard InChI is InChI=1S/C30H55FN4O2.C8H9Cl/c1-8-11-12-13-18-35(22-23(4)5)29(37)28(32)25-20-30(7,31)16-14-26(25)33-21-27(36)34(17-9-2)19-15-24(6)10-3;1-6-4-3-5-8(9)7(6)2/h23-24H,8-22,32H2,1-7H3;3-5H,1-2H3/b28-25-,33-26?;. The maximum atomic E-state index is 15.1. The molecule has 1 fully saturated rings. The number of rotatable bonds is 16. The Morgan fingerprint density at radius 3 is 2.28 bits per heavy atom. The topological polar surface area (TPSA) is 79.0 Å². The van der Waals surface area contributed by atoms with Crippen molar-refractivity contribution in [2.75, 3.05) is 32.7 Å². The second-order valence-electron chi connectivity index (χ2n) is 13.8. The molecule has 2 N–H and O–H groups in total. The first kappa shape index (κ1) is 41.6. The lowest BCUT2D eigenvalue weighted by Crippen LogP contribution is -2.40. The summed E-state index contributed by atoms with van der Waals surface area (Å²) in [6, 6.07) is 5.93. The number of nitrogens with zero attached hydrogens (tertiary/aromatic N) is 3. The van der Waals surface area contributed by atoms with Crippen molar-refractivity contribution in [1.82, 2.24) is 9.80 Å². The van der Waals surface area contributed by atoms with E-state index in [-0.39, 0.29) is 30.5 Å². The first-order valence-electron chi connectivity index (χ1n) is 17.7. The van der Waals surface area contributed by atoms with Crippen LogP contribution in [0.2, 0.25) is 5.02 Å². The molecule has 0 saturated heterocycles. The van der Waals surface area contributed by atoms with Gasteiger partial charge in [0, 0.05) is 48.9 Å². The molecule has 0 aliphatic heterocycles. The van der Waals surface area contributed by atoms with Crippen LogP contribution in [0.4, 0.5) is 4.39 Å². The monoisotopic (exact) mass is 662 g/mol. The molecule has 1 aromatic rings. The summed E-state index contributed by atoms with van der Waals surface area (Å²) < 4.78 is 15.1. The molecule has 2 amide bonds. The van der Waals surface area contributed by atoms with Crippen molar-refractivity contribution in [3.05, 3.63) is 45.6 Å². The highest BCUT2D eigenvalue weighted by molar-refractivity contribution is 6.31. The third-order valence-corrected chi connectivity index (χ3v) is 9.27. The summed E-state index contributed by atoms with van der Waals surface area (Å²) in [4.78, 5) is 34.9. The van der Waals surface area contributed by atoms with Gasteiger partial charge in [-0.05, 0) is 81.9 Å². The summed E-state index contributed by atoms with van der Waals surface area (Å²) in [7, 11) is 0. The summed E-state index contributed by atoms with van der Waals surface area (Å²) in [5.74, 6) is 0.609. The summed E-state index contributed by atoms with van der Waals surface area (Å²) in [5, 5.41) is 0.856. The molecule has 0 radical (unpaired) electrons. The first-order valence-corrected chi connectivity index (χ1v) is 18.0. The van der Waals surface area contributed by atoms with Gasteiger partial charge in [0.25, 0.3) is 5.91 Å². The number of nitrogens with two attached hydrogens (primary N) is 1. The van der Waals surface area contributed by atoms with Gasteiger partial charge < -0.3 is 15.5 Å². The predicted molar refractivity (Wildman–Crippen MR) is 194 cm³/mol. The van der Waals surface area contributed by atoms with Crippen LogP contribution in [0.5, 0.6) is 0 Å². The number of unbranched alkanes of at least 4 members (excludes halogenated alkanes) is 3. The van der Waals surface area contributed by atoms with Crippen molar-refractivity contribution in [3.63, 3.8) is 0 Å². The van der Waals surface area contributed by atoms with Gasteiger partial charge in [-0.15, -0.1) is 0 Å². The normalized spacial score (nSPS) is 19.0. The van der Waals surface area contributed by atoms with Crippen molar-refractivity contribution in [1.29, 1.82) is 0 Å². The van der Waals surface area contributed by atoms with Crippen LogP contribution in [0.15, 0.2) is 34.5 Å². The van der Waals surface area contributed by atoms with Gasteiger partial charge in [0.15, 0.2) is 0 Å². The number of hydrogen-bond acceptors (Lipinski definition) is 4. The second kappa shape index (κ2) is 21.5. The van der Waals surface area contributed by atoms with Crippen LogP contribution in [0.3, 0.4) is 0 Å². The maximum Gasteiger partial charge on any atom is 0.270 e. The molecule has 1 aromatic carbocycles. The van der Waals surface area contributed by atoms with E-state index in [2.05, 4.69) is 59.5 Å². The van der Waals surface area contributed by atoms with E-state index in [0.29, 0.717) is 55.6 Å². The first-order chi connectivity index (χ1) is 21.7. The van der Waals surface area contributed by atoms with Crippen molar-refractivity contribution in [3.8, 4) is 0 Å². The van der Waals surface area contributed by atoms with Crippen molar-refractivity contribution in [2.24, 2.45) is 22.6 Å². The quantitative estimate of drug-likeness (QED) is 0.142. The largest absolute Gasteiger partial charge is 0.394 e. The zero-order valence-corrected chi connectivity index (χ0v) is 31.2. The molecule has 262 valence electrons. The average molecular weight is 663 g/mol. The number of aryl methyl sites for hydroxylation is 1. The minimum atomic E-state index is -1.45. The number of carbonyl (C=O) groups is 2. The van der Waals surface area contributed by atoms with E-state index in [9.17, 15) is 9.59 Å². The molecule has 2 rings (SSSR count). The van der Waals surface area contributed by atoms with E-state index in [0.717, 1.165) is 56.5 Å². The Hall–Kier alpha value is -2.41. The average Bonchev–Trinajstić information content (AvgIpc) is 3.01. The molecule has 2 unspecified atom stereocenters. The minimum absolute atomic E-state index is 0.0105. The van der Waals surface area contributed by atoms with E-state index in [4.69, 9.17) is 17.3 Å². The Morgan fingerprint density at radius 1 is 1.02 bits per heavy atom. The van der Waals surface area contributed by atoms with Gasteiger partial charge >= 0.3 is 0 Å². The number of amides is 2. The Balaban J connectivity index is 0.00000100. The molecule has 8 heteroatoms. The van der Waals surface area contributed by atoms with Gasteiger partial charge in [0.05, 0.1) is 0 Å². The van der Waals surface area contributed by atoms with Crippen LogP contribution in [0.1, 0.15) is 124 Å². The molecule has 0 aromatic heterocycles. The van der Waals surface area contributed by atoms with Gasteiger partial charge in [-0.25, -0.2) is 4.39 Å². The summed E-state index contributed by atoms with van der Waals surface area (Å²) in [5.41, 5.74) is 8.64. The highest BCUT2D eigenvalue weighted by Crippen LogP contribution is 2.34. The number of carbonyl (C=O) groups excluding carboxylic acids is 2. The molecule has 0 heterocycles. The van der Waals surface area contributed by atoms with Gasteiger partial charge in [-0.1, -0.05) is 91.0 Å². The van der Waals surface area contributed by atoms with E-state index in [1.807, 2.05) is 28.9 Å². The number of aliphatic imine (C=N–C) groups is 1. The Bertz CT molecular complexity index is 1130. The van der Waals surface area contributed by atoms with Crippen LogP contribution < -0.4 is 5.73 Å². The zero-order valence-electron chi connectivity index (χ0n) is 30.5. The lowest BCUT2D eigenvalue weighted by molar-refractivity contribution is -0.130. The number of benzene rings is 1. The fourth-order valence-corrected chi connectivity index (χ4v) is 5.67. The van der Waals surface area contributed by atoms with Crippen molar-refractivity contribution < 1.29 is 14.0 Å². The summed E-state index contributed by atoms with van der Waals surface area (Å²) in [6.07, 6.45) is 7.95. The highest BCUT2D eigenvalue weighted by atomic mass is 35.5. The molecule has 0 bridgehead atoms. The molecule has 1 aliphatic rings. The van der Waals surface area contributed by atoms with E-state index >= 15 is 4.39 Å². The van der Waals surface area contributed by atoms with E-state index in [1.54, 1.807) is 6.92 Å². The maximum absolute atomic E-state index is 15.1. The molecule has 6 nitrogen and oxygen atoms in total. The smallest absolute Gasteiger partial charge is 0.270 e. The lowest BCUT2D eigenvalue weighted by atomic mass is 9.81. The second-order valence-corrected chi connectivity index (χ2v) is 14.2. The molecule has 0 spiro atoms. The van der Waals surface area contributed by atoms with Crippen molar-refractivity contribution >= 4 is 29.1 Å². The SMILES string of the molecule is CCCCCCN(CC(C)C)C(=O)/C(N)=C1\CC(C)(F)CCC1=NCC(=O)N(CCC)CCC(C)CC.Cc1cccc(Cl)c1C. The molecule has 1 saturated carbocycles. The zero-order chi connectivity index (χ0) is 34.9. The number of allylic oxidation sites excluding steroid dienone is 1. The predicted octanol–water partition coefficient (Wildman–Crippen LogP) is 9.25. The van der Waals surface area contributed by atoms with E-state index < -0.39 is 5.67 Å². The summed E-state index contributed by atoms with van der Waals surface area (Å²) in [6.45, 7) is 21.1. The van der Waals surface area contributed by atoms with Crippen molar-refractivity contribution in [2.45, 2.75) is 132 Å². The third kappa shape index (κ3) is 15.0. The third-order valence-electron chi connectivity index (χ3n) is 8.87. The van der Waals surface area contributed by atoms with Crippen LogP contribution >= 0.6 is 11.6 Å². The number of halogens is 2. The Kier molecular flexibility index (Phi) is 19.4. The van der Waals surface area contributed by atoms with Gasteiger partial charge in [-0.2, -0.15) is 0 Å². The van der Waals surface area contributed by atoms with Crippen LogP contribution in [-0.2, 0) is 9.59 Å². The molecule has 46 heavy (non-hydrogen) atoms. The molecule has 1 aliphatic carbocycles. The van der Waals surface area contributed by atoms with Gasteiger partial charge in [-0.3, -0.25) is 14.6 Å². The summed E-state index contributed by atoms with van der Waals surface area (Å²) >= 11 is 5.81. The van der Waals surface area contributed by atoms with Crippen LogP contribution in [-0.4, -0.2) is 65.7 Å². The Morgan fingerprint density at radius 2 is 1.72 bits per heavy atom. The fourth-order valence-electron chi connectivity index (χ4n) is 5.45. The fraction of sp³-hybridized carbons (Fsp3) is 0.711. The van der Waals surface area contributed by atoms with Gasteiger partial charge in [0.2, 0.25) is 5.91 Å². The van der Waals surface area contributed by atoms with Crippen LogP contribution in [0, 0.1) is 25.7 Å². The van der Waals surface area contributed by atoms with E-state index in [1.165, 1.54) is 11.1 Å². The lowest BCUT2D eigenvalue weighted by Gasteiger charge is -2.31. The van der Waals surface area contributed by atoms with Crippen LogP contribution in [0.25, 0.3) is 0 Å². The number of hydrogen-bond donors (Lipinski definition) is 1.